The zero-order valence-electron chi connectivity index (χ0n) is 10.4. The van der Waals surface area contributed by atoms with Crippen molar-refractivity contribution >= 4 is 15.9 Å². The van der Waals surface area contributed by atoms with Crippen molar-refractivity contribution in [3.05, 3.63) is 28.5 Å². The number of nitrogens with one attached hydrogen (secondary N) is 1. The molecule has 1 heterocycles. The monoisotopic (exact) mass is 284 g/mol. The highest BCUT2D eigenvalue weighted by Crippen LogP contribution is 2.19. The molecule has 0 amide bonds. The Labute approximate surface area is 107 Å². The van der Waals surface area contributed by atoms with Gasteiger partial charge >= 0.3 is 0 Å². The molecule has 1 rings (SSSR count). The maximum absolute atomic E-state index is 4.43. The highest BCUT2D eigenvalue weighted by molar-refractivity contribution is 9.10. The van der Waals surface area contributed by atoms with Crippen molar-refractivity contribution in [2.45, 2.75) is 52.1 Å². The highest BCUT2D eigenvalue weighted by atomic mass is 79.9. The SMILES string of the molecule is CCC(CC)(CC)NCc1cccc(Br)n1. The van der Waals surface area contributed by atoms with Crippen LogP contribution in [0.1, 0.15) is 45.7 Å². The zero-order chi connectivity index (χ0) is 12.0. The molecule has 1 aromatic rings. The van der Waals surface area contributed by atoms with E-state index in [0.29, 0.717) is 0 Å². The molecule has 0 saturated carbocycles. The first-order chi connectivity index (χ1) is 7.65. The van der Waals surface area contributed by atoms with Gasteiger partial charge in [0, 0.05) is 12.1 Å². The molecule has 0 saturated heterocycles. The minimum absolute atomic E-state index is 0.268. The van der Waals surface area contributed by atoms with Crippen LogP contribution in [0.25, 0.3) is 0 Å². The van der Waals surface area contributed by atoms with Gasteiger partial charge in [0.1, 0.15) is 4.60 Å². The van der Waals surface area contributed by atoms with Gasteiger partial charge in [-0.05, 0) is 47.3 Å². The van der Waals surface area contributed by atoms with Crippen molar-refractivity contribution in [1.29, 1.82) is 0 Å². The quantitative estimate of drug-likeness (QED) is 0.802. The minimum atomic E-state index is 0.268. The predicted octanol–water partition coefficient (Wildman–Crippen LogP) is 3.90. The van der Waals surface area contributed by atoms with Crippen molar-refractivity contribution in [3.8, 4) is 0 Å². The molecule has 0 radical (unpaired) electrons. The summed E-state index contributed by atoms with van der Waals surface area (Å²) < 4.78 is 0.905. The van der Waals surface area contributed by atoms with Crippen molar-refractivity contribution in [3.63, 3.8) is 0 Å². The van der Waals surface area contributed by atoms with Gasteiger partial charge in [0.25, 0.3) is 0 Å². The van der Waals surface area contributed by atoms with E-state index in [9.17, 15) is 0 Å². The molecule has 90 valence electrons. The Morgan fingerprint density at radius 3 is 2.31 bits per heavy atom. The van der Waals surface area contributed by atoms with E-state index >= 15 is 0 Å². The van der Waals surface area contributed by atoms with E-state index in [1.165, 1.54) is 0 Å². The second-order valence-electron chi connectivity index (χ2n) is 4.15. The van der Waals surface area contributed by atoms with E-state index in [1.807, 2.05) is 12.1 Å². The second kappa shape index (κ2) is 6.36. The summed E-state index contributed by atoms with van der Waals surface area (Å²) in [5.41, 5.74) is 1.36. The van der Waals surface area contributed by atoms with Crippen LogP contribution >= 0.6 is 15.9 Å². The van der Waals surface area contributed by atoms with Crippen LogP contribution in [0.4, 0.5) is 0 Å². The summed E-state index contributed by atoms with van der Waals surface area (Å²) in [7, 11) is 0. The number of nitrogens with zero attached hydrogens (tertiary/aromatic N) is 1. The number of aromatic nitrogens is 1. The molecule has 0 fully saturated rings. The van der Waals surface area contributed by atoms with Crippen LogP contribution < -0.4 is 5.32 Å². The highest BCUT2D eigenvalue weighted by Gasteiger charge is 2.22. The number of hydrogen-bond donors (Lipinski definition) is 1. The molecule has 0 aliphatic rings. The molecule has 1 N–H and O–H groups in total. The first-order valence-electron chi connectivity index (χ1n) is 6.02. The molecule has 0 atom stereocenters. The largest absolute Gasteiger partial charge is 0.306 e. The molecule has 3 heteroatoms. The third kappa shape index (κ3) is 3.56. The number of hydrogen-bond acceptors (Lipinski definition) is 2. The summed E-state index contributed by atoms with van der Waals surface area (Å²) in [6.07, 6.45) is 3.48. The average Bonchev–Trinajstić information content (AvgIpc) is 2.32. The third-order valence-electron chi connectivity index (χ3n) is 3.45. The van der Waals surface area contributed by atoms with Crippen LogP contribution in [0.2, 0.25) is 0 Å². The number of halogens is 1. The topological polar surface area (TPSA) is 24.9 Å². The van der Waals surface area contributed by atoms with Crippen molar-refractivity contribution in [2.75, 3.05) is 0 Å². The lowest BCUT2D eigenvalue weighted by molar-refractivity contribution is 0.286. The summed E-state index contributed by atoms with van der Waals surface area (Å²) in [4.78, 5) is 4.43. The van der Waals surface area contributed by atoms with Crippen LogP contribution in [0, 0.1) is 0 Å². The van der Waals surface area contributed by atoms with E-state index in [1.54, 1.807) is 0 Å². The molecule has 0 bridgehead atoms. The Hall–Kier alpha value is -0.410. The molecule has 16 heavy (non-hydrogen) atoms. The minimum Gasteiger partial charge on any atom is -0.306 e. The van der Waals surface area contributed by atoms with E-state index in [0.717, 1.165) is 36.1 Å². The molecule has 0 aromatic carbocycles. The van der Waals surface area contributed by atoms with Gasteiger partial charge in [-0.3, -0.25) is 0 Å². The Morgan fingerprint density at radius 1 is 1.19 bits per heavy atom. The first-order valence-corrected chi connectivity index (χ1v) is 6.81. The van der Waals surface area contributed by atoms with Crippen molar-refractivity contribution in [1.82, 2.24) is 10.3 Å². The van der Waals surface area contributed by atoms with Crippen molar-refractivity contribution in [2.24, 2.45) is 0 Å². The van der Waals surface area contributed by atoms with E-state index in [2.05, 4.69) is 53.1 Å². The van der Waals surface area contributed by atoms with Crippen LogP contribution in [-0.4, -0.2) is 10.5 Å². The smallest absolute Gasteiger partial charge is 0.106 e. The van der Waals surface area contributed by atoms with Crippen molar-refractivity contribution < 1.29 is 0 Å². The summed E-state index contributed by atoms with van der Waals surface area (Å²) in [6, 6.07) is 6.04. The fourth-order valence-corrected chi connectivity index (χ4v) is 2.33. The average molecular weight is 285 g/mol. The van der Waals surface area contributed by atoms with E-state index < -0.39 is 0 Å². The van der Waals surface area contributed by atoms with Crippen LogP contribution in [0.15, 0.2) is 22.8 Å². The third-order valence-corrected chi connectivity index (χ3v) is 3.89. The van der Waals surface area contributed by atoms with Crippen LogP contribution in [0.5, 0.6) is 0 Å². The van der Waals surface area contributed by atoms with E-state index in [4.69, 9.17) is 0 Å². The van der Waals surface area contributed by atoms with Gasteiger partial charge in [0.15, 0.2) is 0 Å². The summed E-state index contributed by atoms with van der Waals surface area (Å²) in [5, 5.41) is 3.64. The number of pyridine rings is 1. The summed E-state index contributed by atoms with van der Waals surface area (Å²) in [6.45, 7) is 7.58. The van der Waals surface area contributed by atoms with Gasteiger partial charge in [-0.2, -0.15) is 0 Å². The molecule has 0 spiro atoms. The zero-order valence-corrected chi connectivity index (χ0v) is 12.0. The predicted molar refractivity (Wildman–Crippen MR) is 72.4 cm³/mol. The second-order valence-corrected chi connectivity index (χ2v) is 4.96. The van der Waals surface area contributed by atoms with Crippen LogP contribution in [-0.2, 0) is 6.54 Å². The van der Waals surface area contributed by atoms with Gasteiger partial charge in [0.2, 0.25) is 0 Å². The maximum atomic E-state index is 4.43. The summed E-state index contributed by atoms with van der Waals surface area (Å²) in [5.74, 6) is 0. The first kappa shape index (κ1) is 13.7. The van der Waals surface area contributed by atoms with Gasteiger partial charge in [0.05, 0.1) is 5.69 Å². The maximum Gasteiger partial charge on any atom is 0.106 e. The molecule has 0 aliphatic heterocycles. The molecule has 1 aromatic heterocycles. The Bertz CT molecular complexity index is 313. The number of rotatable bonds is 6. The molecule has 0 aliphatic carbocycles. The normalized spacial score (nSPS) is 11.8. The van der Waals surface area contributed by atoms with Gasteiger partial charge < -0.3 is 5.32 Å². The fraction of sp³-hybridized carbons (Fsp3) is 0.615. The summed E-state index contributed by atoms with van der Waals surface area (Å²) >= 11 is 3.39. The molecular weight excluding hydrogens is 264 g/mol. The van der Waals surface area contributed by atoms with E-state index in [-0.39, 0.29) is 5.54 Å². The Kier molecular flexibility index (Phi) is 5.42. The lowest BCUT2D eigenvalue weighted by Gasteiger charge is -2.31. The molecule has 0 unspecified atom stereocenters. The lowest BCUT2D eigenvalue weighted by Crippen LogP contribution is -2.43. The lowest BCUT2D eigenvalue weighted by atomic mass is 9.90. The Balaban J connectivity index is 2.62. The molecular formula is C13H21BrN2. The van der Waals surface area contributed by atoms with Gasteiger partial charge in [-0.25, -0.2) is 4.98 Å². The van der Waals surface area contributed by atoms with Gasteiger partial charge in [-0.15, -0.1) is 0 Å². The van der Waals surface area contributed by atoms with Crippen LogP contribution in [0.3, 0.4) is 0 Å². The standard InChI is InChI=1S/C13H21BrN2/c1-4-13(5-2,6-3)15-10-11-8-7-9-12(14)16-11/h7-9,15H,4-6,10H2,1-3H3. The van der Waals surface area contributed by atoms with Gasteiger partial charge in [-0.1, -0.05) is 26.8 Å². The Morgan fingerprint density at radius 2 is 1.81 bits per heavy atom. The fourth-order valence-electron chi connectivity index (χ4n) is 1.95. The molecule has 2 nitrogen and oxygen atoms in total.